The van der Waals surface area contributed by atoms with Gasteiger partial charge in [0.05, 0.1) is 4.90 Å². The molecule has 3 unspecified atom stereocenters. The van der Waals surface area contributed by atoms with E-state index in [4.69, 9.17) is 5.73 Å². The molecule has 5 heteroatoms. The molecular weight excluding hydrogens is 284 g/mol. The van der Waals surface area contributed by atoms with Gasteiger partial charge in [0, 0.05) is 18.3 Å². The van der Waals surface area contributed by atoms with Crippen molar-refractivity contribution in [3.8, 4) is 0 Å². The number of sulfonamides is 1. The van der Waals surface area contributed by atoms with Crippen LogP contribution in [0.15, 0.2) is 29.2 Å². The molecule has 1 heterocycles. The molecule has 2 N–H and O–H groups in total. The fraction of sp³-hybridized carbons (Fsp3) is 0.625. The lowest BCUT2D eigenvalue weighted by Crippen LogP contribution is -2.52. The third kappa shape index (κ3) is 2.69. The Balaban J connectivity index is 1.92. The predicted octanol–water partition coefficient (Wildman–Crippen LogP) is 2.86. The van der Waals surface area contributed by atoms with Gasteiger partial charge in [0.2, 0.25) is 10.0 Å². The number of benzene rings is 1. The lowest BCUT2D eigenvalue weighted by molar-refractivity contribution is 0.0827. The molecular formula is C16H24N2O2S. The van der Waals surface area contributed by atoms with Crippen LogP contribution in [0.2, 0.25) is 0 Å². The summed E-state index contributed by atoms with van der Waals surface area (Å²) >= 11 is 0. The number of hydrogen-bond donors (Lipinski definition) is 1. The zero-order chi connectivity index (χ0) is 15.0. The van der Waals surface area contributed by atoms with E-state index in [1.165, 1.54) is 12.8 Å². The molecule has 0 aromatic heterocycles. The molecule has 1 aromatic carbocycles. The minimum atomic E-state index is -3.39. The lowest BCUT2D eigenvalue weighted by Gasteiger charge is -2.46. The standard InChI is InChI=1S/C16H24N2O2S/c1-12-10-11-18(16-5-3-2-4-15(12)16)21(19,20)14-8-6-13(17)7-9-14/h6-9,12,15-16H,2-5,10-11,17H2,1H3. The summed E-state index contributed by atoms with van der Waals surface area (Å²) < 4.78 is 27.7. The fourth-order valence-corrected chi connectivity index (χ4v) is 5.66. The van der Waals surface area contributed by atoms with Gasteiger partial charge in [-0.1, -0.05) is 19.8 Å². The molecule has 2 fully saturated rings. The summed E-state index contributed by atoms with van der Waals surface area (Å²) in [6, 6.07) is 6.77. The average molecular weight is 308 g/mol. The van der Waals surface area contributed by atoms with E-state index in [0.717, 1.165) is 19.3 Å². The smallest absolute Gasteiger partial charge is 0.243 e. The zero-order valence-electron chi connectivity index (χ0n) is 12.5. The molecule has 0 amide bonds. The number of anilines is 1. The summed E-state index contributed by atoms with van der Waals surface area (Å²) in [6.45, 7) is 2.92. The van der Waals surface area contributed by atoms with E-state index in [2.05, 4.69) is 6.92 Å². The highest BCUT2D eigenvalue weighted by Gasteiger charge is 2.42. The number of rotatable bonds is 2. The molecule has 21 heavy (non-hydrogen) atoms. The Kier molecular flexibility index (Phi) is 3.97. The molecule has 0 radical (unpaired) electrons. The Morgan fingerprint density at radius 3 is 2.48 bits per heavy atom. The number of nitrogens with zero attached hydrogens (tertiary/aromatic N) is 1. The highest BCUT2D eigenvalue weighted by molar-refractivity contribution is 7.89. The van der Waals surface area contributed by atoms with E-state index in [1.54, 1.807) is 28.6 Å². The molecule has 1 saturated carbocycles. The van der Waals surface area contributed by atoms with Gasteiger partial charge in [-0.15, -0.1) is 0 Å². The van der Waals surface area contributed by atoms with E-state index in [1.807, 2.05) is 0 Å². The lowest BCUT2D eigenvalue weighted by atomic mass is 9.74. The maximum absolute atomic E-state index is 12.9. The molecule has 116 valence electrons. The summed E-state index contributed by atoms with van der Waals surface area (Å²) in [4.78, 5) is 0.371. The molecule has 1 aliphatic heterocycles. The first-order chi connectivity index (χ1) is 10.00. The predicted molar refractivity (Wildman–Crippen MR) is 84.3 cm³/mol. The third-order valence-electron chi connectivity index (χ3n) is 5.17. The van der Waals surface area contributed by atoms with E-state index < -0.39 is 10.0 Å². The van der Waals surface area contributed by atoms with Crippen LogP contribution in [0.1, 0.15) is 39.0 Å². The Bertz CT molecular complexity index is 597. The maximum atomic E-state index is 12.9. The van der Waals surface area contributed by atoms with E-state index in [0.29, 0.717) is 29.0 Å². The normalized spacial score (nSPS) is 30.8. The second kappa shape index (κ2) is 5.61. The number of nitrogens with two attached hydrogens (primary N) is 1. The maximum Gasteiger partial charge on any atom is 0.243 e. The van der Waals surface area contributed by atoms with E-state index >= 15 is 0 Å². The van der Waals surface area contributed by atoms with Crippen molar-refractivity contribution < 1.29 is 8.42 Å². The van der Waals surface area contributed by atoms with Gasteiger partial charge in [-0.2, -0.15) is 4.31 Å². The minimum absolute atomic E-state index is 0.185. The highest BCUT2D eigenvalue weighted by atomic mass is 32.2. The van der Waals surface area contributed by atoms with Crippen molar-refractivity contribution in [3.05, 3.63) is 24.3 Å². The first-order valence-electron chi connectivity index (χ1n) is 7.87. The quantitative estimate of drug-likeness (QED) is 0.855. The van der Waals surface area contributed by atoms with Gasteiger partial charge in [-0.3, -0.25) is 0 Å². The van der Waals surface area contributed by atoms with Crippen LogP contribution in [0, 0.1) is 11.8 Å². The van der Waals surface area contributed by atoms with Crippen LogP contribution in [-0.2, 0) is 10.0 Å². The molecule has 3 atom stereocenters. The van der Waals surface area contributed by atoms with Crippen molar-refractivity contribution in [1.82, 2.24) is 4.31 Å². The second-order valence-electron chi connectivity index (χ2n) is 6.47. The van der Waals surface area contributed by atoms with Gasteiger partial charge < -0.3 is 5.73 Å². The highest BCUT2D eigenvalue weighted by Crippen LogP contribution is 2.41. The van der Waals surface area contributed by atoms with E-state index in [-0.39, 0.29) is 6.04 Å². The molecule has 0 bridgehead atoms. The fourth-order valence-electron chi connectivity index (χ4n) is 3.95. The van der Waals surface area contributed by atoms with Crippen molar-refractivity contribution in [2.45, 2.75) is 50.0 Å². The van der Waals surface area contributed by atoms with Crippen molar-refractivity contribution in [2.75, 3.05) is 12.3 Å². The van der Waals surface area contributed by atoms with Gasteiger partial charge >= 0.3 is 0 Å². The topological polar surface area (TPSA) is 63.4 Å². The third-order valence-corrected chi connectivity index (χ3v) is 7.11. The van der Waals surface area contributed by atoms with Crippen molar-refractivity contribution >= 4 is 15.7 Å². The number of nitrogen functional groups attached to an aromatic ring is 1. The first-order valence-corrected chi connectivity index (χ1v) is 9.31. The molecule has 2 aliphatic rings. The van der Waals surface area contributed by atoms with Crippen LogP contribution in [0.25, 0.3) is 0 Å². The largest absolute Gasteiger partial charge is 0.399 e. The molecule has 1 aromatic rings. The Hall–Kier alpha value is -1.07. The van der Waals surface area contributed by atoms with Gasteiger partial charge in [-0.05, 0) is 55.4 Å². The van der Waals surface area contributed by atoms with Crippen molar-refractivity contribution in [2.24, 2.45) is 11.8 Å². The number of fused-ring (bicyclic) bond motifs is 1. The Labute approximate surface area is 127 Å². The summed E-state index contributed by atoms with van der Waals surface area (Å²) in [6.07, 6.45) is 5.51. The van der Waals surface area contributed by atoms with Crippen LogP contribution in [0.4, 0.5) is 5.69 Å². The van der Waals surface area contributed by atoms with Gasteiger partial charge in [-0.25, -0.2) is 8.42 Å². The van der Waals surface area contributed by atoms with Crippen LogP contribution >= 0.6 is 0 Å². The van der Waals surface area contributed by atoms with Gasteiger partial charge in [0.15, 0.2) is 0 Å². The average Bonchev–Trinajstić information content (AvgIpc) is 2.48. The summed E-state index contributed by atoms with van der Waals surface area (Å²) in [5.41, 5.74) is 6.26. The van der Waals surface area contributed by atoms with Gasteiger partial charge in [0.25, 0.3) is 0 Å². The molecule has 4 nitrogen and oxygen atoms in total. The first kappa shape index (κ1) is 14.9. The summed E-state index contributed by atoms with van der Waals surface area (Å²) in [7, 11) is -3.39. The van der Waals surface area contributed by atoms with Crippen LogP contribution in [0.5, 0.6) is 0 Å². The van der Waals surface area contributed by atoms with Gasteiger partial charge in [0.1, 0.15) is 0 Å². The second-order valence-corrected chi connectivity index (χ2v) is 8.36. The van der Waals surface area contributed by atoms with Crippen molar-refractivity contribution in [3.63, 3.8) is 0 Å². The monoisotopic (exact) mass is 308 g/mol. The van der Waals surface area contributed by atoms with Crippen molar-refractivity contribution in [1.29, 1.82) is 0 Å². The van der Waals surface area contributed by atoms with E-state index in [9.17, 15) is 8.42 Å². The molecule has 0 spiro atoms. The Morgan fingerprint density at radius 2 is 1.76 bits per heavy atom. The SMILES string of the molecule is CC1CCN(S(=O)(=O)c2ccc(N)cc2)C2CCCCC12. The summed E-state index contributed by atoms with van der Waals surface area (Å²) in [5.74, 6) is 1.16. The van der Waals surface area contributed by atoms with Crippen LogP contribution in [0.3, 0.4) is 0 Å². The van der Waals surface area contributed by atoms with Crippen LogP contribution in [-0.4, -0.2) is 25.3 Å². The number of piperidine rings is 1. The minimum Gasteiger partial charge on any atom is -0.399 e. The zero-order valence-corrected chi connectivity index (χ0v) is 13.3. The molecule has 3 rings (SSSR count). The molecule has 1 aliphatic carbocycles. The summed E-state index contributed by atoms with van der Waals surface area (Å²) in [5, 5.41) is 0. The Morgan fingerprint density at radius 1 is 1.10 bits per heavy atom. The molecule has 1 saturated heterocycles. The number of hydrogen-bond acceptors (Lipinski definition) is 3. The van der Waals surface area contributed by atoms with Crippen LogP contribution < -0.4 is 5.73 Å².